The van der Waals surface area contributed by atoms with E-state index in [1.807, 2.05) is 85.8 Å². The van der Waals surface area contributed by atoms with Gasteiger partial charge < -0.3 is 34.6 Å². The van der Waals surface area contributed by atoms with Gasteiger partial charge in [0.05, 0.1) is 27.4 Å². The summed E-state index contributed by atoms with van der Waals surface area (Å²) in [6, 6.07) is 29.4. The maximum Gasteiger partial charge on any atom is 0.355 e. The number of pyridine rings is 1. The van der Waals surface area contributed by atoms with Crippen LogP contribution in [0.5, 0.6) is 5.75 Å². The molecule has 3 aromatic heterocycles. The number of fused-ring (bicyclic) bond motifs is 3. The third-order valence-corrected chi connectivity index (χ3v) is 16.7. The minimum Gasteiger partial charge on any atom is -0.490 e. The lowest BCUT2D eigenvalue weighted by atomic mass is 9.84. The van der Waals surface area contributed by atoms with Crippen molar-refractivity contribution < 1.29 is 29.3 Å². The lowest BCUT2D eigenvalue weighted by Crippen LogP contribution is -2.47. The number of hydrogen-bond acceptors (Lipinski definition) is 12. The van der Waals surface area contributed by atoms with E-state index in [-0.39, 0.29) is 29.5 Å². The number of para-hydroxylation sites is 1. The highest BCUT2D eigenvalue weighted by Crippen LogP contribution is 2.38. The molecule has 3 aliphatic heterocycles. The third kappa shape index (κ3) is 10.2. The van der Waals surface area contributed by atoms with Crippen LogP contribution in [0.25, 0.3) is 32.4 Å². The second-order valence-corrected chi connectivity index (χ2v) is 21.3. The van der Waals surface area contributed by atoms with Crippen LogP contribution in [0.2, 0.25) is 0 Å². The van der Waals surface area contributed by atoms with E-state index in [0.717, 1.165) is 119 Å². The number of nitrogens with zero attached hydrogens (tertiary/aromatic N) is 7. The molecule has 4 N–H and O–H groups in total. The Kier molecular flexibility index (Phi) is 13.9. The van der Waals surface area contributed by atoms with Crippen molar-refractivity contribution in [1.29, 1.82) is 0 Å². The number of carboxylic acids is 1. The van der Waals surface area contributed by atoms with E-state index in [0.29, 0.717) is 60.3 Å². The molecule has 0 radical (unpaired) electrons. The number of hydrogen-bond donors (Lipinski definition) is 4. The number of anilines is 3. The fourth-order valence-electron chi connectivity index (χ4n) is 11.6. The molecule has 378 valence electrons. The number of carbonyl (C=O) groups is 3. The number of unbranched alkanes of at least 4 members (excludes halogenated alkanes) is 1. The molecular weight excluding hydrogens is 939 g/mol. The highest BCUT2D eigenvalue weighted by atomic mass is 32.1. The zero-order valence-electron chi connectivity index (χ0n) is 41.6. The molecule has 1 aliphatic carbocycles. The number of nitrogens with one attached hydrogen (secondary N) is 2. The minimum atomic E-state index is -1.10. The van der Waals surface area contributed by atoms with Crippen molar-refractivity contribution in [2.75, 3.05) is 54.4 Å². The molecule has 2 saturated heterocycles. The van der Waals surface area contributed by atoms with E-state index < -0.39 is 12.2 Å². The summed E-state index contributed by atoms with van der Waals surface area (Å²) < 4.78 is 9.86. The monoisotopic (exact) mass is 1000 g/mol. The molecular formula is C57H63N9O6S. The first kappa shape index (κ1) is 48.4. The van der Waals surface area contributed by atoms with Crippen LogP contribution in [0, 0.1) is 12.8 Å². The Morgan fingerprint density at radius 1 is 0.822 bits per heavy atom. The zero-order chi connectivity index (χ0) is 50.2. The molecule has 6 heterocycles. The van der Waals surface area contributed by atoms with Gasteiger partial charge in [0, 0.05) is 69.8 Å². The topological polar surface area (TPSA) is 178 Å². The average molecular weight is 1000 g/mol. The maximum atomic E-state index is 13.7. The number of benzene rings is 4. The Morgan fingerprint density at radius 2 is 1.64 bits per heavy atom. The predicted octanol–water partition coefficient (Wildman–Crippen LogP) is 9.31. The van der Waals surface area contributed by atoms with Gasteiger partial charge in [-0.05, 0) is 141 Å². The highest BCUT2D eigenvalue weighted by Gasteiger charge is 2.31. The summed E-state index contributed by atoms with van der Waals surface area (Å²) in [7, 11) is 2.07. The molecule has 0 bridgehead atoms. The fourth-order valence-corrected chi connectivity index (χ4v) is 12.5. The largest absolute Gasteiger partial charge is 0.490 e. The van der Waals surface area contributed by atoms with E-state index in [9.17, 15) is 24.6 Å². The number of aryl methyl sites for hydroxylation is 1. The SMILES string of the molecule is Cc1c(OC2CCC(CCCCN3CCN(c4nc5ccc(C6CCC(=O)NC6O)cc5n4C)CC3)CC2)cccc1-c1ccc(N2CCc3cccc(C(=O)Nc4nc5ccccc5s4)c3C2)nc1C(=O)O. The molecule has 0 spiro atoms. The van der Waals surface area contributed by atoms with Crippen LogP contribution in [-0.4, -0.2) is 104 Å². The molecule has 73 heavy (non-hydrogen) atoms. The maximum absolute atomic E-state index is 13.7. The molecule has 15 nitrogen and oxygen atoms in total. The van der Waals surface area contributed by atoms with E-state index in [1.165, 1.54) is 30.6 Å². The van der Waals surface area contributed by atoms with Crippen molar-refractivity contribution in [3.8, 4) is 16.9 Å². The molecule has 2 atom stereocenters. The first-order valence-electron chi connectivity index (χ1n) is 26.0. The zero-order valence-corrected chi connectivity index (χ0v) is 42.4. The Morgan fingerprint density at radius 3 is 2.45 bits per heavy atom. The van der Waals surface area contributed by atoms with Crippen molar-refractivity contribution in [2.24, 2.45) is 13.0 Å². The molecule has 2 unspecified atom stereocenters. The minimum absolute atomic E-state index is 0.0155. The fraction of sp³-hybridized carbons (Fsp3) is 0.404. The average Bonchev–Trinajstić information content (AvgIpc) is 3.97. The second-order valence-electron chi connectivity index (χ2n) is 20.3. The molecule has 3 fully saturated rings. The van der Waals surface area contributed by atoms with Crippen molar-refractivity contribution in [1.82, 2.24) is 29.7 Å². The number of aromatic carboxylic acids is 1. The quantitative estimate of drug-likeness (QED) is 0.0761. The van der Waals surface area contributed by atoms with Gasteiger partial charge >= 0.3 is 5.97 Å². The van der Waals surface area contributed by atoms with Gasteiger partial charge in [0.15, 0.2) is 10.8 Å². The lowest BCUT2D eigenvalue weighted by molar-refractivity contribution is -0.127. The third-order valence-electron chi connectivity index (χ3n) is 15.8. The summed E-state index contributed by atoms with van der Waals surface area (Å²) in [5.74, 6) is 1.47. The van der Waals surface area contributed by atoms with Gasteiger partial charge in [-0.3, -0.25) is 19.8 Å². The van der Waals surface area contributed by atoms with Crippen LogP contribution in [0.1, 0.15) is 107 Å². The Balaban J connectivity index is 0.650. The van der Waals surface area contributed by atoms with Crippen molar-refractivity contribution >= 4 is 67.3 Å². The molecule has 4 aliphatic rings. The smallest absolute Gasteiger partial charge is 0.355 e. The van der Waals surface area contributed by atoms with Crippen LogP contribution < -0.4 is 25.2 Å². The standard InChI is InChI=1S/C57H63N9O6S/c1-35-40(42-21-24-50(60-52(42)55(70)71)66-28-26-37-10-7-12-43(44(37)34-66)54(69)62-56-58-46-13-3-4-15-49(46)73-56)11-8-14-48(35)72-39-19-16-36(17-20-39)9-5-6-27-64-29-31-65(32-30-64)57-59-45-23-18-38(33-47(45)63(57)2)41-22-25-51(67)61-53(41)68/h3-4,7-8,10-15,18,21,23-24,33,36,39,41,53,68H,5-6,9,16-17,19-20,22,25-32,34H2,1-2H3,(H,61,67)(H,70,71)(H,58,62,69). The number of piperazine rings is 1. The Labute approximate surface area is 429 Å². The van der Waals surface area contributed by atoms with Gasteiger partial charge in [-0.15, -0.1) is 0 Å². The molecule has 1 saturated carbocycles. The van der Waals surface area contributed by atoms with Crippen molar-refractivity contribution in [3.63, 3.8) is 0 Å². The number of aliphatic hydroxyl groups excluding tert-OH is 1. The van der Waals surface area contributed by atoms with Crippen LogP contribution in [0.3, 0.4) is 0 Å². The summed E-state index contributed by atoms with van der Waals surface area (Å²) in [4.78, 5) is 59.7. The number of thiazole rings is 1. The Bertz CT molecular complexity index is 3160. The number of imidazole rings is 1. The van der Waals surface area contributed by atoms with E-state index in [1.54, 1.807) is 0 Å². The van der Waals surface area contributed by atoms with Crippen LogP contribution >= 0.6 is 11.3 Å². The van der Waals surface area contributed by atoms with E-state index in [2.05, 4.69) is 54.1 Å². The highest BCUT2D eigenvalue weighted by molar-refractivity contribution is 7.22. The van der Waals surface area contributed by atoms with Crippen LogP contribution in [-0.2, 0) is 24.8 Å². The number of carbonyl (C=O) groups excluding carboxylic acids is 2. The van der Waals surface area contributed by atoms with Gasteiger partial charge in [0.2, 0.25) is 11.9 Å². The number of rotatable bonds is 14. The summed E-state index contributed by atoms with van der Waals surface area (Å²) in [5, 5.41) is 27.3. The van der Waals surface area contributed by atoms with Crippen molar-refractivity contribution in [3.05, 3.63) is 125 Å². The molecule has 2 amide bonds. The summed E-state index contributed by atoms with van der Waals surface area (Å²) in [5.41, 5.74) is 8.63. The number of amides is 2. The van der Waals surface area contributed by atoms with Crippen molar-refractivity contribution in [2.45, 2.75) is 95.9 Å². The second kappa shape index (κ2) is 20.9. The van der Waals surface area contributed by atoms with E-state index in [4.69, 9.17) is 14.7 Å². The first-order chi connectivity index (χ1) is 35.5. The van der Waals surface area contributed by atoms with Crippen LogP contribution in [0.4, 0.5) is 16.9 Å². The lowest BCUT2D eigenvalue weighted by Gasteiger charge is -2.35. The molecule has 11 rings (SSSR count). The predicted molar refractivity (Wildman–Crippen MR) is 286 cm³/mol. The number of piperidine rings is 1. The van der Waals surface area contributed by atoms with Gasteiger partial charge in [-0.1, -0.05) is 66.6 Å². The summed E-state index contributed by atoms with van der Waals surface area (Å²) in [6.07, 6.45) is 8.93. The molecule has 4 aromatic carbocycles. The first-order valence-corrected chi connectivity index (χ1v) is 26.8. The summed E-state index contributed by atoms with van der Waals surface area (Å²) in [6.45, 7) is 8.05. The van der Waals surface area contributed by atoms with Gasteiger partial charge in [0.1, 0.15) is 17.8 Å². The van der Waals surface area contributed by atoms with Gasteiger partial charge in [-0.25, -0.2) is 19.7 Å². The Hall–Kier alpha value is -6.88. The van der Waals surface area contributed by atoms with E-state index >= 15 is 0 Å². The number of aromatic nitrogens is 4. The molecule has 7 aromatic rings. The van der Waals surface area contributed by atoms with Crippen LogP contribution in [0.15, 0.2) is 91.0 Å². The molecule has 16 heteroatoms. The normalized spacial score (nSPS) is 20.5. The number of ether oxygens (including phenoxy) is 1. The number of carboxylic acid groups (broad SMARTS) is 1. The van der Waals surface area contributed by atoms with Gasteiger partial charge in [0.25, 0.3) is 5.91 Å². The van der Waals surface area contributed by atoms with Gasteiger partial charge in [-0.2, -0.15) is 0 Å². The number of aliphatic hydroxyl groups is 1. The summed E-state index contributed by atoms with van der Waals surface area (Å²) >= 11 is 1.44.